The van der Waals surface area contributed by atoms with Crippen molar-refractivity contribution in [3.63, 3.8) is 0 Å². The maximum atomic E-state index is 12.6. The molecular weight excluding hydrogens is 508 g/mol. The summed E-state index contributed by atoms with van der Waals surface area (Å²) in [7, 11) is 1.82. The van der Waals surface area contributed by atoms with E-state index in [9.17, 15) is 4.79 Å². The first kappa shape index (κ1) is 21.7. The summed E-state index contributed by atoms with van der Waals surface area (Å²) in [6.07, 6.45) is 1.48. The van der Waals surface area contributed by atoms with Crippen LogP contribution in [-0.2, 0) is 4.74 Å². The van der Waals surface area contributed by atoms with Crippen LogP contribution in [0.2, 0.25) is 10.0 Å². The largest absolute Gasteiger partial charge is 0.444 e. The average Bonchev–Trinajstić information content (AvgIpc) is 2.61. The van der Waals surface area contributed by atoms with Gasteiger partial charge in [0.15, 0.2) is 0 Å². The number of halogens is 3. The number of carbonyl (C=O) groups excluding carboxylic acids is 1. The zero-order valence-electron chi connectivity index (χ0n) is 16.4. The molecule has 0 aliphatic heterocycles. The summed E-state index contributed by atoms with van der Waals surface area (Å²) in [5.41, 5.74) is 3.03. The van der Waals surface area contributed by atoms with Gasteiger partial charge in [-0.15, -0.1) is 0 Å². The fourth-order valence-electron chi connectivity index (χ4n) is 3.73. The molecule has 2 aromatic rings. The monoisotopic (exact) mass is 531 g/mol. The molecular formula is C22H24Cl2INO2. The van der Waals surface area contributed by atoms with Crippen molar-refractivity contribution in [3.05, 3.63) is 66.7 Å². The summed E-state index contributed by atoms with van der Waals surface area (Å²) < 4.78 is 6.75. The Morgan fingerprint density at radius 1 is 1.07 bits per heavy atom. The molecule has 0 bridgehead atoms. The Bertz CT molecular complexity index is 895. The second-order valence-corrected chi connectivity index (χ2v) is 10.2. The van der Waals surface area contributed by atoms with Gasteiger partial charge in [-0.25, -0.2) is 4.79 Å². The topological polar surface area (TPSA) is 29.5 Å². The minimum atomic E-state index is -0.516. The molecule has 0 saturated carbocycles. The zero-order chi connectivity index (χ0) is 20.6. The van der Waals surface area contributed by atoms with Crippen LogP contribution < -0.4 is 0 Å². The Hall–Kier alpha value is -0.980. The normalized spacial score (nSPS) is 19.1. The third kappa shape index (κ3) is 4.77. The van der Waals surface area contributed by atoms with Crippen molar-refractivity contribution in [1.82, 2.24) is 4.90 Å². The number of amides is 1. The highest BCUT2D eigenvalue weighted by Crippen LogP contribution is 2.45. The zero-order valence-corrected chi connectivity index (χ0v) is 20.1. The van der Waals surface area contributed by atoms with E-state index in [0.29, 0.717) is 10.0 Å². The van der Waals surface area contributed by atoms with E-state index in [1.54, 1.807) is 4.90 Å². The van der Waals surface area contributed by atoms with E-state index in [2.05, 4.69) is 40.8 Å². The Kier molecular flexibility index (Phi) is 6.52. The molecule has 28 heavy (non-hydrogen) atoms. The van der Waals surface area contributed by atoms with Crippen LogP contribution in [0.5, 0.6) is 0 Å². The van der Waals surface area contributed by atoms with Crippen molar-refractivity contribution in [2.45, 2.75) is 51.2 Å². The van der Waals surface area contributed by atoms with Crippen molar-refractivity contribution in [2.75, 3.05) is 7.05 Å². The van der Waals surface area contributed by atoms with E-state index in [4.69, 9.17) is 27.9 Å². The highest BCUT2D eigenvalue weighted by Gasteiger charge is 2.34. The van der Waals surface area contributed by atoms with E-state index in [0.717, 1.165) is 24.0 Å². The minimum Gasteiger partial charge on any atom is -0.444 e. The molecule has 1 aliphatic rings. The summed E-state index contributed by atoms with van der Waals surface area (Å²) in [5.74, 6) is 0.225. The van der Waals surface area contributed by atoms with E-state index in [-0.39, 0.29) is 18.1 Å². The molecule has 1 aliphatic carbocycles. The Labute approximate surface area is 190 Å². The number of benzene rings is 2. The molecule has 0 radical (unpaired) electrons. The highest BCUT2D eigenvalue weighted by atomic mass is 127. The van der Waals surface area contributed by atoms with Gasteiger partial charge >= 0.3 is 6.09 Å². The number of hydrogen-bond acceptors (Lipinski definition) is 2. The van der Waals surface area contributed by atoms with Crippen molar-refractivity contribution in [1.29, 1.82) is 0 Å². The first-order valence-corrected chi connectivity index (χ1v) is 11.1. The van der Waals surface area contributed by atoms with E-state index >= 15 is 0 Å². The molecule has 2 unspecified atom stereocenters. The van der Waals surface area contributed by atoms with Crippen LogP contribution in [-0.4, -0.2) is 23.6 Å². The first-order valence-electron chi connectivity index (χ1n) is 9.27. The standard InChI is InChI=1S/C22H24Cl2INO2/c1-22(2,3)28-21(27)26(4)20-10-8-15(13-5-9-18(23)19(24)11-13)17-12-14(25)6-7-16(17)20/h5-7,9,11-12,15,20H,8,10H2,1-4H3. The number of fused-ring (bicyclic) bond motifs is 1. The Balaban J connectivity index is 1.97. The second kappa shape index (κ2) is 8.41. The summed E-state index contributed by atoms with van der Waals surface area (Å²) in [6, 6.07) is 12.3. The van der Waals surface area contributed by atoms with E-state index in [1.165, 1.54) is 9.13 Å². The van der Waals surface area contributed by atoms with Crippen molar-refractivity contribution >= 4 is 51.9 Å². The minimum absolute atomic E-state index is 0.0131. The summed E-state index contributed by atoms with van der Waals surface area (Å²) in [4.78, 5) is 14.4. The van der Waals surface area contributed by atoms with Gasteiger partial charge in [-0.05, 0) is 97.2 Å². The van der Waals surface area contributed by atoms with Crippen LogP contribution in [0.4, 0.5) is 4.79 Å². The van der Waals surface area contributed by atoms with Gasteiger partial charge in [0.2, 0.25) is 0 Å². The van der Waals surface area contributed by atoms with Crippen molar-refractivity contribution in [3.8, 4) is 0 Å². The third-order valence-electron chi connectivity index (χ3n) is 5.01. The van der Waals surface area contributed by atoms with Crippen molar-refractivity contribution < 1.29 is 9.53 Å². The molecule has 0 saturated heterocycles. The van der Waals surface area contributed by atoms with Gasteiger partial charge < -0.3 is 9.64 Å². The smallest absolute Gasteiger partial charge is 0.410 e. The average molecular weight is 532 g/mol. The lowest BCUT2D eigenvalue weighted by molar-refractivity contribution is 0.0202. The van der Waals surface area contributed by atoms with Gasteiger partial charge in [-0.3, -0.25) is 0 Å². The molecule has 1 amide bonds. The lowest BCUT2D eigenvalue weighted by Crippen LogP contribution is -2.38. The van der Waals surface area contributed by atoms with Gasteiger partial charge in [0.1, 0.15) is 5.60 Å². The molecule has 0 fully saturated rings. The van der Waals surface area contributed by atoms with Crippen LogP contribution in [0, 0.1) is 3.57 Å². The number of rotatable bonds is 2. The lowest BCUT2D eigenvalue weighted by Gasteiger charge is -2.37. The van der Waals surface area contributed by atoms with Crippen LogP contribution in [0.15, 0.2) is 36.4 Å². The molecule has 2 aromatic carbocycles. The third-order valence-corrected chi connectivity index (χ3v) is 6.42. The number of carbonyl (C=O) groups is 1. The summed E-state index contributed by atoms with van der Waals surface area (Å²) in [5, 5.41) is 1.13. The summed E-state index contributed by atoms with van der Waals surface area (Å²) >= 11 is 14.7. The Morgan fingerprint density at radius 2 is 1.79 bits per heavy atom. The number of ether oxygens (including phenoxy) is 1. The molecule has 0 heterocycles. The van der Waals surface area contributed by atoms with E-state index in [1.807, 2.05) is 46.0 Å². The van der Waals surface area contributed by atoms with Gasteiger partial charge in [0.05, 0.1) is 16.1 Å². The molecule has 150 valence electrons. The molecule has 0 aromatic heterocycles. The van der Waals surface area contributed by atoms with Crippen LogP contribution in [0.25, 0.3) is 0 Å². The van der Waals surface area contributed by atoms with Gasteiger partial charge in [-0.1, -0.05) is 35.3 Å². The van der Waals surface area contributed by atoms with Crippen LogP contribution in [0.3, 0.4) is 0 Å². The highest BCUT2D eigenvalue weighted by molar-refractivity contribution is 14.1. The second-order valence-electron chi connectivity index (χ2n) is 8.18. The lowest BCUT2D eigenvalue weighted by atomic mass is 9.76. The number of hydrogen-bond donors (Lipinski definition) is 0. The van der Waals surface area contributed by atoms with Gasteiger partial charge in [-0.2, -0.15) is 0 Å². The maximum absolute atomic E-state index is 12.6. The van der Waals surface area contributed by atoms with Gasteiger partial charge in [0, 0.05) is 16.5 Å². The van der Waals surface area contributed by atoms with Crippen molar-refractivity contribution in [2.24, 2.45) is 0 Å². The first-order chi connectivity index (χ1) is 13.1. The molecule has 3 nitrogen and oxygen atoms in total. The maximum Gasteiger partial charge on any atom is 0.410 e. The fourth-order valence-corrected chi connectivity index (χ4v) is 4.55. The Morgan fingerprint density at radius 3 is 2.43 bits per heavy atom. The summed E-state index contributed by atoms with van der Waals surface area (Å²) in [6.45, 7) is 5.66. The SMILES string of the molecule is CN(C(=O)OC(C)(C)C)C1CCC(c2ccc(Cl)c(Cl)c2)c2cc(I)ccc21. The molecule has 0 N–H and O–H groups in total. The van der Waals surface area contributed by atoms with Gasteiger partial charge in [0.25, 0.3) is 0 Å². The predicted molar refractivity (Wildman–Crippen MR) is 123 cm³/mol. The fraction of sp³-hybridized carbons (Fsp3) is 0.409. The quantitative estimate of drug-likeness (QED) is 0.377. The molecule has 6 heteroatoms. The molecule has 0 spiro atoms. The molecule has 3 rings (SSSR count). The van der Waals surface area contributed by atoms with Crippen LogP contribution >= 0.6 is 45.8 Å². The van der Waals surface area contributed by atoms with E-state index < -0.39 is 5.60 Å². The predicted octanol–water partition coefficient (Wildman–Crippen LogP) is 7.43. The molecule has 2 atom stereocenters. The number of nitrogens with zero attached hydrogens (tertiary/aromatic N) is 1. The van der Waals surface area contributed by atoms with Crippen LogP contribution in [0.1, 0.15) is 62.3 Å².